The van der Waals surface area contributed by atoms with E-state index in [0.717, 1.165) is 16.9 Å². The SMILES string of the molecule is Cc1cccc(NC(=O)CN2CCN(c3ccc(NC(=O)C(C)C)c(C(=O)O)c3)CC2)c1. The number of rotatable bonds is 7. The lowest BCUT2D eigenvalue weighted by atomic mass is 10.1. The first-order chi connectivity index (χ1) is 15.2. The van der Waals surface area contributed by atoms with E-state index in [-0.39, 0.29) is 23.3 Å². The number of piperazine rings is 1. The second kappa shape index (κ2) is 10.3. The lowest BCUT2D eigenvalue weighted by molar-refractivity contribution is -0.119. The summed E-state index contributed by atoms with van der Waals surface area (Å²) in [5.74, 6) is -1.61. The van der Waals surface area contributed by atoms with Gasteiger partial charge in [-0.3, -0.25) is 14.5 Å². The molecule has 0 radical (unpaired) electrons. The van der Waals surface area contributed by atoms with Crippen LogP contribution in [0, 0.1) is 12.8 Å². The third-order valence-corrected chi connectivity index (χ3v) is 5.42. The van der Waals surface area contributed by atoms with E-state index in [1.165, 1.54) is 0 Å². The number of hydrogen-bond acceptors (Lipinski definition) is 5. The molecule has 8 nitrogen and oxygen atoms in total. The number of nitrogens with one attached hydrogen (secondary N) is 2. The van der Waals surface area contributed by atoms with Crippen LogP contribution in [0.15, 0.2) is 42.5 Å². The summed E-state index contributed by atoms with van der Waals surface area (Å²) in [6.07, 6.45) is 0. The summed E-state index contributed by atoms with van der Waals surface area (Å²) in [6, 6.07) is 12.8. The molecule has 0 aliphatic carbocycles. The van der Waals surface area contributed by atoms with Crippen LogP contribution < -0.4 is 15.5 Å². The highest BCUT2D eigenvalue weighted by Crippen LogP contribution is 2.25. The van der Waals surface area contributed by atoms with Gasteiger partial charge in [-0.25, -0.2) is 4.79 Å². The van der Waals surface area contributed by atoms with Crippen LogP contribution >= 0.6 is 0 Å². The molecule has 2 aromatic carbocycles. The molecule has 1 heterocycles. The number of nitrogens with zero attached hydrogens (tertiary/aromatic N) is 2. The normalized spacial score (nSPS) is 14.3. The summed E-state index contributed by atoms with van der Waals surface area (Å²) in [7, 11) is 0. The molecule has 1 aliphatic heterocycles. The van der Waals surface area contributed by atoms with Gasteiger partial charge >= 0.3 is 5.97 Å². The van der Waals surface area contributed by atoms with E-state index >= 15 is 0 Å². The van der Waals surface area contributed by atoms with Gasteiger partial charge in [0.05, 0.1) is 17.8 Å². The quantitative estimate of drug-likeness (QED) is 0.614. The summed E-state index contributed by atoms with van der Waals surface area (Å²) in [5, 5.41) is 15.2. The van der Waals surface area contributed by atoms with Crippen LogP contribution in [0.3, 0.4) is 0 Å². The molecule has 2 aromatic rings. The molecule has 0 spiro atoms. The summed E-state index contributed by atoms with van der Waals surface area (Å²) >= 11 is 0. The van der Waals surface area contributed by atoms with Gasteiger partial charge in [-0.05, 0) is 42.8 Å². The Hall–Kier alpha value is -3.39. The van der Waals surface area contributed by atoms with Crippen molar-refractivity contribution in [2.75, 3.05) is 48.3 Å². The molecule has 0 aromatic heterocycles. The van der Waals surface area contributed by atoms with Crippen LogP contribution in [0.4, 0.5) is 17.1 Å². The first-order valence-corrected chi connectivity index (χ1v) is 10.7. The number of carbonyl (C=O) groups excluding carboxylic acids is 2. The molecular weight excluding hydrogens is 408 g/mol. The molecule has 1 aliphatic rings. The summed E-state index contributed by atoms with van der Waals surface area (Å²) in [5.41, 5.74) is 3.03. The molecular formula is C24H30N4O4. The highest BCUT2D eigenvalue weighted by molar-refractivity contribution is 6.01. The van der Waals surface area contributed by atoms with Gasteiger partial charge in [-0.15, -0.1) is 0 Å². The Kier molecular flexibility index (Phi) is 7.48. The van der Waals surface area contributed by atoms with Crippen molar-refractivity contribution in [1.29, 1.82) is 0 Å². The van der Waals surface area contributed by atoms with Crippen LogP contribution in [0.1, 0.15) is 29.8 Å². The van der Waals surface area contributed by atoms with Crippen molar-refractivity contribution in [3.63, 3.8) is 0 Å². The zero-order chi connectivity index (χ0) is 23.3. The first kappa shape index (κ1) is 23.3. The van der Waals surface area contributed by atoms with E-state index in [0.29, 0.717) is 38.4 Å². The van der Waals surface area contributed by atoms with Crippen LogP contribution in [0.25, 0.3) is 0 Å². The molecule has 0 saturated carbocycles. The number of carbonyl (C=O) groups is 3. The minimum atomic E-state index is -1.09. The number of aryl methyl sites for hydroxylation is 1. The van der Waals surface area contributed by atoms with Gasteiger partial charge in [0.2, 0.25) is 11.8 Å². The van der Waals surface area contributed by atoms with Gasteiger partial charge in [-0.1, -0.05) is 26.0 Å². The first-order valence-electron chi connectivity index (χ1n) is 10.7. The zero-order valence-corrected chi connectivity index (χ0v) is 18.7. The third-order valence-electron chi connectivity index (χ3n) is 5.42. The van der Waals surface area contributed by atoms with Gasteiger partial charge in [-0.2, -0.15) is 0 Å². The summed E-state index contributed by atoms with van der Waals surface area (Å²) in [4.78, 5) is 40.3. The zero-order valence-electron chi connectivity index (χ0n) is 18.7. The highest BCUT2D eigenvalue weighted by Gasteiger charge is 2.22. The number of anilines is 3. The highest BCUT2D eigenvalue weighted by atomic mass is 16.4. The van der Waals surface area contributed by atoms with Gasteiger partial charge in [0.15, 0.2) is 0 Å². The van der Waals surface area contributed by atoms with Crippen LogP contribution in [0.5, 0.6) is 0 Å². The monoisotopic (exact) mass is 438 g/mol. The maximum absolute atomic E-state index is 12.4. The minimum absolute atomic E-state index is 0.0533. The van der Waals surface area contributed by atoms with Gasteiger partial charge in [0.1, 0.15) is 0 Å². The van der Waals surface area contributed by atoms with Crippen molar-refractivity contribution in [1.82, 2.24) is 4.90 Å². The van der Waals surface area contributed by atoms with E-state index < -0.39 is 5.97 Å². The largest absolute Gasteiger partial charge is 0.478 e. The number of carboxylic acids is 1. The number of amides is 2. The minimum Gasteiger partial charge on any atom is -0.478 e. The second-order valence-electron chi connectivity index (χ2n) is 8.36. The Morgan fingerprint density at radius 2 is 1.72 bits per heavy atom. The standard InChI is InChI=1S/C24H30N4O4/c1-16(2)23(30)26-21-8-7-19(14-20(21)24(31)32)28-11-9-27(10-12-28)15-22(29)25-18-6-4-5-17(3)13-18/h4-8,13-14,16H,9-12,15H2,1-3H3,(H,25,29)(H,26,30)(H,31,32). The van der Waals surface area contributed by atoms with Crippen molar-refractivity contribution in [2.45, 2.75) is 20.8 Å². The molecule has 0 bridgehead atoms. The Morgan fingerprint density at radius 1 is 1.00 bits per heavy atom. The maximum atomic E-state index is 12.4. The molecule has 1 fully saturated rings. The van der Waals surface area contributed by atoms with Crippen LogP contribution in [-0.2, 0) is 9.59 Å². The molecule has 0 unspecified atom stereocenters. The van der Waals surface area contributed by atoms with Crippen molar-refractivity contribution < 1.29 is 19.5 Å². The average molecular weight is 439 g/mol. The molecule has 32 heavy (non-hydrogen) atoms. The van der Waals surface area contributed by atoms with Gasteiger partial charge < -0.3 is 20.6 Å². The molecule has 8 heteroatoms. The van der Waals surface area contributed by atoms with Crippen LogP contribution in [0.2, 0.25) is 0 Å². The van der Waals surface area contributed by atoms with E-state index in [2.05, 4.69) is 20.4 Å². The van der Waals surface area contributed by atoms with Crippen molar-refractivity contribution in [2.24, 2.45) is 5.92 Å². The lowest BCUT2D eigenvalue weighted by Crippen LogP contribution is -2.48. The fourth-order valence-corrected chi connectivity index (χ4v) is 3.58. The summed E-state index contributed by atoms with van der Waals surface area (Å²) < 4.78 is 0. The molecule has 170 valence electrons. The predicted molar refractivity (Wildman–Crippen MR) is 125 cm³/mol. The topological polar surface area (TPSA) is 102 Å². The van der Waals surface area contributed by atoms with Crippen LogP contribution in [-0.4, -0.2) is 60.5 Å². The molecule has 0 atom stereocenters. The predicted octanol–water partition coefficient (Wildman–Crippen LogP) is 3.05. The molecule has 2 amide bonds. The molecule has 3 rings (SSSR count). The third kappa shape index (κ3) is 6.07. The van der Waals surface area contributed by atoms with Crippen molar-refractivity contribution >= 4 is 34.8 Å². The average Bonchev–Trinajstić information content (AvgIpc) is 2.74. The number of aromatic carboxylic acids is 1. The smallest absolute Gasteiger partial charge is 0.337 e. The maximum Gasteiger partial charge on any atom is 0.337 e. The number of carboxylic acid groups (broad SMARTS) is 1. The summed E-state index contributed by atoms with van der Waals surface area (Å²) in [6.45, 7) is 8.53. The van der Waals surface area contributed by atoms with Crippen molar-refractivity contribution in [3.8, 4) is 0 Å². The lowest BCUT2D eigenvalue weighted by Gasteiger charge is -2.36. The van der Waals surface area contributed by atoms with E-state index in [1.807, 2.05) is 37.3 Å². The molecule has 3 N–H and O–H groups in total. The second-order valence-corrected chi connectivity index (χ2v) is 8.36. The Balaban J connectivity index is 1.58. The Morgan fingerprint density at radius 3 is 2.34 bits per heavy atom. The van der Waals surface area contributed by atoms with E-state index in [9.17, 15) is 19.5 Å². The fourth-order valence-electron chi connectivity index (χ4n) is 3.58. The van der Waals surface area contributed by atoms with E-state index in [4.69, 9.17) is 0 Å². The number of hydrogen-bond donors (Lipinski definition) is 3. The Labute approximate surface area is 188 Å². The molecule has 1 saturated heterocycles. The van der Waals surface area contributed by atoms with Gasteiger partial charge in [0, 0.05) is 43.5 Å². The van der Waals surface area contributed by atoms with Gasteiger partial charge in [0.25, 0.3) is 0 Å². The Bertz CT molecular complexity index is 997. The van der Waals surface area contributed by atoms with E-state index in [1.54, 1.807) is 26.0 Å². The number of benzene rings is 2. The van der Waals surface area contributed by atoms with Crippen molar-refractivity contribution in [3.05, 3.63) is 53.6 Å². The fraction of sp³-hybridized carbons (Fsp3) is 0.375.